The Morgan fingerprint density at radius 1 is 0.917 bits per heavy atom. The second-order valence-electron chi connectivity index (χ2n) is 9.38. The highest BCUT2D eigenvalue weighted by atomic mass is 32.2. The summed E-state index contributed by atoms with van der Waals surface area (Å²) in [6, 6.07) is 13.8. The summed E-state index contributed by atoms with van der Waals surface area (Å²) in [6.07, 6.45) is 7.97. The van der Waals surface area contributed by atoms with Gasteiger partial charge in [0.15, 0.2) is 0 Å². The highest BCUT2D eigenvalue weighted by Crippen LogP contribution is 2.39. The van der Waals surface area contributed by atoms with Gasteiger partial charge in [0.1, 0.15) is 6.04 Å². The van der Waals surface area contributed by atoms with E-state index in [4.69, 9.17) is 0 Å². The van der Waals surface area contributed by atoms with E-state index in [1.165, 1.54) is 11.1 Å². The molecule has 8 nitrogen and oxygen atoms in total. The normalized spacial score (nSPS) is 20.4. The van der Waals surface area contributed by atoms with Crippen molar-refractivity contribution in [2.75, 3.05) is 13.1 Å². The third kappa shape index (κ3) is 4.29. The first-order chi connectivity index (χ1) is 17.6. The molecule has 0 saturated carbocycles. The predicted molar refractivity (Wildman–Crippen MR) is 134 cm³/mol. The molecule has 1 unspecified atom stereocenters. The topological polar surface area (TPSA) is 95.5 Å². The van der Waals surface area contributed by atoms with Crippen molar-refractivity contribution in [2.45, 2.75) is 41.6 Å². The number of rotatable bonds is 6. The van der Waals surface area contributed by atoms with Crippen molar-refractivity contribution < 1.29 is 14.4 Å². The summed E-state index contributed by atoms with van der Waals surface area (Å²) in [5.41, 5.74) is 4.01. The summed E-state index contributed by atoms with van der Waals surface area (Å²) in [5, 5.41) is 2.80. The van der Waals surface area contributed by atoms with E-state index >= 15 is 0 Å². The van der Waals surface area contributed by atoms with Crippen LogP contribution in [0.4, 0.5) is 0 Å². The number of carbonyl (C=O) groups is 3. The van der Waals surface area contributed by atoms with Gasteiger partial charge in [0, 0.05) is 66.6 Å². The lowest BCUT2D eigenvalue weighted by Gasteiger charge is -2.44. The molecule has 0 radical (unpaired) electrons. The Labute approximate surface area is 213 Å². The quantitative estimate of drug-likeness (QED) is 0.521. The van der Waals surface area contributed by atoms with E-state index in [-0.39, 0.29) is 30.2 Å². The van der Waals surface area contributed by atoms with Crippen molar-refractivity contribution in [1.82, 2.24) is 25.1 Å². The number of amides is 3. The fourth-order valence-electron chi connectivity index (χ4n) is 5.28. The molecule has 1 N–H and O–H groups in total. The number of piperidine rings is 1. The van der Waals surface area contributed by atoms with Gasteiger partial charge in [0.25, 0.3) is 5.91 Å². The first kappa shape index (κ1) is 22.9. The molecule has 0 bridgehead atoms. The maximum Gasteiger partial charge on any atom is 0.255 e. The second kappa shape index (κ2) is 9.48. The van der Waals surface area contributed by atoms with Crippen LogP contribution < -0.4 is 5.32 Å². The van der Waals surface area contributed by atoms with Crippen LogP contribution in [0.2, 0.25) is 0 Å². The van der Waals surface area contributed by atoms with Gasteiger partial charge in [-0.15, -0.1) is 11.8 Å². The third-order valence-electron chi connectivity index (χ3n) is 7.08. The number of imide groups is 1. The van der Waals surface area contributed by atoms with Crippen molar-refractivity contribution in [3.8, 4) is 0 Å². The molecular weight excluding hydrogens is 474 g/mol. The highest BCUT2D eigenvalue weighted by molar-refractivity contribution is 8.00. The first-order valence-electron chi connectivity index (χ1n) is 12.0. The molecule has 3 aliphatic heterocycles. The Morgan fingerprint density at radius 2 is 1.58 bits per heavy atom. The van der Waals surface area contributed by atoms with Crippen molar-refractivity contribution in [3.05, 3.63) is 89.5 Å². The minimum Gasteiger partial charge on any atom is -0.322 e. The zero-order valence-corrected chi connectivity index (χ0v) is 20.4. The molecule has 1 atom stereocenters. The predicted octanol–water partition coefficient (Wildman–Crippen LogP) is 2.80. The summed E-state index contributed by atoms with van der Waals surface area (Å²) in [6.45, 7) is 2.29. The Hall–Kier alpha value is -3.56. The van der Waals surface area contributed by atoms with Crippen LogP contribution >= 0.6 is 11.8 Å². The molecule has 2 saturated heterocycles. The van der Waals surface area contributed by atoms with Gasteiger partial charge in [-0.05, 0) is 65.6 Å². The summed E-state index contributed by atoms with van der Waals surface area (Å²) in [7, 11) is 0. The molecule has 0 aliphatic carbocycles. The number of hydrogen-bond acceptors (Lipinski definition) is 7. The number of hydrogen-bond donors (Lipinski definition) is 1. The molecule has 3 amide bonds. The van der Waals surface area contributed by atoms with E-state index in [2.05, 4.69) is 50.5 Å². The maximum atomic E-state index is 12.9. The average Bonchev–Trinajstić information content (AvgIpc) is 3.19. The molecule has 1 aromatic carbocycles. The highest BCUT2D eigenvalue weighted by Gasteiger charge is 2.39. The van der Waals surface area contributed by atoms with Gasteiger partial charge in [-0.1, -0.05) is 0 Å². The Kier molecular flexibility index (Phi) is 6.02. The van der Waals surface area contributed by atoms with Crippen LogP contribution in [0, 0.1) is 0 Å². The van der Waals surface area contributed by atoms with Crippen LogP contribution in [0.25, 0.3) is 0 Å². The Bertz CT molecular complexity index is 1270. The molecule has 9 heteroatoms. The van der Waals surface area contributed by atoms with Crippen LogP contribution in [-0.2, 0) is 16.1 Å². The van der Waals surface area contributed by atoms with Crippen LogP contribution in [0.15, 0.2) is 72.1 Å². The minimum atomic E-state index is -0.586. The number of pyridine rings is 2. The Balaban J connectivity index is 1.12. The lowest BCUT2D eigenvalue weighted by Crippen LogP contribution is -2.52. The van der Waals surface area contributed by atoms with Crippen molar-refractivity contribution in [1.29, 1.82) is 0 Å². The second-order valence-corrected chi connectivity index (χ2v) is 10.8. The molecule has 3 aliphatic rings. The standard InChI is InChI=1S/C27H25N5O3S/c33-24-4-3-23(26(34)30-24)32-14-19-13-20(1-2-22(19)27(32)35)36-21-15-31(16-21)25(17-5-9-28-10-6-17)18-7-11-29-12-8-18/h1-2,5-13,21,23,25H,3-4,14-16H2,(H,30,33,34). The summed E-state index contributed by atoms with van der Waals surface area (Å²) < 4.78 is 0. The summed E-state index contributed by atoms with van der Waals surface area (Å²) in [4.78, 5) is 50.3. The van der Waals surface area contributed by atoms with Gasteiger partial charge in [0.05, 0.1) is 6.04 Å². The number of fused-ring (bicyclic) bond motifs is 1. The van der Waals surface area contributed by atoms with Gasteiger partial charge >= 0.3 is 0 Å². The van der Waals surface area contributed by atoms with Gasteiger partial charge in [-0.3, -0.25) is 34.6 Å². The van der Waals surface area contributed by atoms with Crippen LogP contribution in [-0.4, -0.2) is 61.9 Å². The SMILES string of the molecule is O=C1CCC(N2Cc3cc(SC4CN(C(c5ccncc5)c5ccncc5)C4)ccc3C2=O)C(=O)N1. The van der Waals surface area contributed by atoms with Crippen LogP contribution in [0.3, 0.4) is 0 Å². The molecule has 36 heavy (non-hydrogen) atoms. The number of benzene rings is 1. The fourth-order valence-corrected chi connectivity index (χ4v) is 6.55. The third-order valence-corrected chi connectivity index (χ3v) is 8.24. The van der Waals surface area contributed by atoms with E-state index in [1.54, 1.807) is 4.90 Å². The molecule has 3 aromatic rings. The number of thioether (sulfide) groups is 1. The van der Waals surface area contributed by atoms with Crippen LogP contribution in [0.1, 0.15) is 45.9 Å². The van der Waals surface area contributed by atoms with Gasteiger partial charge in [-0.2, -0.15) is 0 Å². The van der Waals surface area contributed by atoms with Gasteiger partial charge < -0.3 is 4.90 Å². The van der Waals surface area contributed by atoms with Gasteiger partial charge in [0.2, 0.25) is 11.8 Å². The summed E-state index contributed by atoms with van der Waals surface area (Å²) >= 11 is 1.83. The number of nitrogens with zero attached hydrogens (tertiary/aromatic N) is 4. The van der Waals surface area contributed by atoms with Crippen molar-refractivity contribution >= 4 is 29.5 Å². The number of carbonyl (C=O) groups excluding carboxylic acids is 3. The largest absolute Gasteiger partial charge is 0.322 e. The molecule has 182 valence electrons. The average molecular weight is 500 g/mol. The maximum absolute atomic E-state index is 12.9. The molecule has 6 rings (SSSR count). The molecular formula is C27H25N5O3S. The van der Waals surface area contributed by atoms with E-state index in [0.717, 1.165) is 23.5 Å². The number of aromatic nitrogens is 2. The Morgan fingerprint density at radius 3 is 2.22 bits per heavy atom. The number of nitrogens with one attached hydrogen (secondary N) is 1. The lowest BCUT2D eigenvalue weighted by molar-refractivity contribution is -0.136. The van der Waals surface area contributed by atoms with E-state index in [0.29, 0.717) is 23.8 Å². The minimum absolute atomic E-state index is 0.136. The van der Waals surface area contributed by atoms with E-state index < -0.39 is 6.04 Å². The van der Waals surface area contributed by atoms with Crippen molar-refractivity contribution in [3.63, 3.8) is 0 Å². The van der Waals surface area contributed by atoms with Gasteiger partial charge in [-0.25, -0.2) is 0 Å². The summed E-state index contributed by atoms with van der Waals surface area (Å²) in [5.74, 6) is -0.790. The molecule has 5 heterocycles. The zero-order valence-electron chi connectivity index (χ0n) is 19.5. The molecule has 2 aromatic heterocycles. The van der Waals surface area contributed by atoms with E-state index in [1.807, 2.05) is 48.7 Å². The smallest absolute Gasteiger partial charge is 0.255 e. The van der Waals surface area contributed by atoms with Crippen LogP contribution in [0.5, 0.6) is 0 Å². The molecule has 0 spiro atoms. The van der Waals surface area contributed by atoms with Crippen molar-refractivity contribution in [2.24, 2.45) is 0 Å². The number of likely N-dealkylation sites (tertiary alicyclic amines) is 1. The fraction of sp³-hybridized carbons (Fsp3) is 0.296. The zero-order chi connectivity index (χ0) is 24.6. The lowest BCUT2D eigenvalue weighted by atomic mass is 9.96. The molecule has 2 fully saturated rings. The van der Waals surface area contributed by atoms with E-state index in [9.17, 15) is 14.4 Å². The monoisotopic (exact) mass is 499 g/mol. The first-order valence-corrected chi connectivity index (χ1v) is 12.9.